The smallest absolute Gasteiger partial charge is 0.261 e. The molecule has 2 N–H and O–H groups in total. The molecule has 2 aromatic heterocycles. The van der Waals surface area contributed by atoms with Gasteiger partial charge in [-0.2, -0.15) is 0 Å². The predicted molar refractivity (Wildman–Crippen MR) is 102 cm³/mol. The molecule has 1 aliphatic carbocycles. The number of pyridine rings is 1. The molecule has 0 unspecified atom stereocenters. The van der Waals surface area contributed by atoms with Crippen molar-refractivity contribution in [3.05, 3.63) is 53.8 Å². The average Bonchev–Trinajstić information content (AvgIpc) is 2.55. The summed E-state index contributed by atoms with van der Waals surface area (Å²) in [6.45, 7) is 5.64. The summed E-state index contributed by atoms with van der Waals surface area (Å²) in [7, 11) is 3.79. The lowest BCUT2D eigenvalue weighted by molar-refractivity contribution is -0.113. The molecule has 0 radical (unpaired) electrons. The summed E-state index contributed by atoms with van der Waals surface area (Å²) < 4.78 is 0. The minimum Gasteiger partial charge on any atom is -0.504 e. The van der Waals surface area contributed by atoms with Gasteiger partial charge in [0.15, 0.2) is 11.6 Å². The van der Waals surface area contributed by atoms with Gasteiger partial charge in [-0.25, -0.2) is 15.0 Å². The Labute approximate surface area is 152 Å². The number of allylic oxidation sites excluding steroid dienone is 3. The van der Waals surface area contributed by atoms with E-state index in [-0.39, 0.29) is 18.9 Å². The van der Waals surface area contributed by atoms with Crippen molar-refractivity contribution in [1.29, 1.82) is 0 Å². The van der Waals surface area contributed by atoms with E-state index in [0.717, 1.165) is 11.3 Å². The van der Waals surface area contributed by atoms with E-state index in [0.29, 0.717) is 28.7 Å². The molecule has 7 heteroatoms. The highest BCUT2D eigenvalue weighted by molar-refractivity contribution is 6.05. The van der Waals surface area contributed by atoms with E-state index in [1.54, 1.807) is 6.08 Å². The van der Waals surface area contributed by atoms with Crippen molar-refractivity contribution in [2.75, 3.05) is 19.4 Å². The van der Waals surface area contributed by atoms with Crippen molar-refractivity contribution >= 4 is 28.3 Å². The summed E-state index contributed by atoms with van der Waals surface area (Å²) in [6, 6.07) is 1.45. The highest BCUT2D eigenvalue weighted by Crippen LogP contribution is 2.30. The number of fused-ring (bicyclic) bond motifs is 1. The monoisotopic (exact) mass is 351 g/mol. The molecule has 26 heavy (non-hydrogen) atoms. The Balaban J connectivity index is 0.00000261. The summed E-state index contributed by atoms with van der Waals surface area (Å²) in [5.74, 6) is -0.440. The maximum atomic E-state index is 12.3. The predicted octanol–water partition coefficient (Wildman–Crippen LogP) is 2.88. The maximum Gasteiger partial charge on any atom is 0.261 e. The number of carbonyl (C=O) groups excluding carboxylic acids is 1. The quantitative estimate of drug-likeness (QED) is 0.636. The fraction of sp³-hybridized carbons (Fsp3) is 0.211. The van der Waals surface area contributed by atoms with Gasteiger partial charge in [0, 0.05) is 28.0 Å². The van der Waals surface area contributed by atoms with Crippen LogP contribution in [0.25, 0.3) is 16.6 Å². The van der Waals surface area contributed by atoms with Crippen molar-refractivity contribution in [2.45, 2.75) is 13.3 Å². The second-order valence-corrected chi connectivity index (χ2v) is 5.97. The van der Waals surface area contributed by atoms with E-state index in [2.05, 4.69) is 32.6 Å². The van der Waals surface area contributed by atoms with E-state index >= 15 is 0 Å². The normalized spacial score (nSPS) is 13.6. The SMILES string of the molecule is C=C/C(=C\C)c1ncnc2cc(O)c(NC(=O)C3=C=C(N(C)C)C3)nc12.[HH]. The first-order valence-corrected chi connectivity index (χ1v) is 8.05. The number of hydrogen-bond donors (Lipinski definition) is 2. The highest BCUT2D eigenvalue weighted by atomic mass is 16.3. The number of aromatic nitrogens is 3. The summed E-state index contributed by atoms with van der Waals surface area (Å²) in [5, 5.41) is 12.8. The molecule has 0 saturated carbocycles. The van der Waals surface area contributed by atoms with Gasteiger partial charge in [0.1, 0.15) is 11.8 Å². The van der Waals surface area contributed by atoms with Crippen molar-refractivity contribution in [3.8, 4) is 5.75 Å². The molecule has 0 saturated heterocycles. The molecule has 2 aromatic rings. The van der Waals surface area contributed by atoms with E-state index in [1.807, 2.05) is 32.0 Å². The molecule has 3 rings (SSSR count). The topological polar surface area (TPSA) is 91.2 Å². The van der Waals surface area contributed by atoms with Gasteiger partial charge in [-0.3, -0.25) is 4.79 Å². The number of nitrogens with one attached hydrogen (secondary N) is 1. The Morgan fingerprint density at radius 1 is 1.46 bits per heavy atom. The minimum absolute atomic E-state index is 0. The molecular weight excluding hydrogens is 330 g/mol. The van der Waals surface area contributed by atoms with Gasteiger partial charge in [0.25, 0.3) is 5.91 Å². The van der Waals surface area contributed by atoms with E-state index in [1.165, 1.54) is 12.4 Å². The number of aromatic hydroxyl groups is 1. The number of nitrogens with zero attached hydrogens (tertiary/aromatic N) is 4. The first kappa shape index (κ1) is 17.4. The number of hydrogen-bond acceptors (Lipinski definition) is 6. The lowest BCUT2D eigenvalue weighted by atomic mass is 10.0. The molecule has 7 nitrogen and oxygen atoms in total. The summed E-state index contributed by atoms with van der Waals surface area (Å²) in [4.78, 5) is 27.0. The number of carbonyl (C=O) groups is 1. The number of amides is 1. The molecule has 0 spiro atoms. The van der Waals surface area contributed by atoms with Crippen molar-refractivity contribution in [3.63, 3.8) is 0 Å². The summed E-state index contributed by atoms with van der Waals surface area (Å²) in [5.41, 5.74) is 6.78. The number of anilines is 1. The van der Waals surface area contributed by atoms with Gasteiger partial charge in [-0.1, -0.05) is 24.5 Å². The zero-order chi connectivity index (χ0) is 18.8. The Kier molecular flexibility index (Phi) is 4.56. The van der Waals surface area contributed by atoms with E-state index in [4.69, 9.17) is 0 Å². The van der Waals surface area contributed by atoms with Gasteiger partial charge >= 0.3 is 0 Å². The van der Waals surface area contributed by atoms with E-state index in [9.17, 15) is 9.90 Å². The van der Waals surface area contributed by atoms with Crippen molar-refractivity contribution < 1.29 is 11.3 Å². The zero-order valence-electron chi connectivity index (χ0n) is 14.9. The maximum absolute atomic E-state index is 12.3. The van der Waals surface area contributed by atoms with E-state index < -0.39 is 0 Å². The minimum atomic E-state index is -0.342. The molecule has 0 aliphatic heterocycles. The van der Waals surface area contributed by atoms with Crippen LogP contribution in [-0.2, 0) is 4.79 Å². The third kappa shape index (κ3) is 3.08. The van der Waals surface area contributed by atoms with Crippen LogP contribution >= 0.6 is 0 Å². The molecule has 2 heterocycles. The van der Waals surface area contributed by atoms with Crippen LogP contribution in [0.3, 0.4) is 0 Å². The van der Waals surface area contributed by atoms with Crippen LogP contribution in [0.4, 0.5) is 5.82 Å². The lowest BCUT2D eigenvalue weighted by Gasteiger charge is -2.21. The van der Waals surface area contributed by atoms with Gasteiger partial charge in [-0.15, -0.1) is 0 Å². The second kappa shape index (κ2) is 6.82. The van der Waals surface area contributed by atoms with Crippen molar-refractivity contribution in [2.24, 2.45) is 0 Å². The van der Waals surface area contributed by atoms with Crippen LogP contribution in [-0.4, -0.2) is 45.0 Å². The molecule has 0 bridgehead atoms. The Hall–Kier alpha value is -3.44. The average molecular weight is 351 g/mol. The summed E-state index contributed by atoms with van der Waals surface area (Å²) >= 11 is 0. The number of rotatable bonds is 5. The van der Waals surface area contributed by atoms with Gasteiger partial charge < -0.3 is 15.3 Å². The molecule has 1 aliphatic rings. The Morgan fingerprint density at radius 3 is 2.81 bits per heavy atom. The molecule has 134 valence electrons. The zero-order valence-corrected chi connectivity index (χ0v) is 14.9. The van der Waals surface area contributed by atoms with Crippen LogP contribution in [0.5, 0.6) is 5.75 Å². The van der Waals surface area contributed by atoms with Crippen LogP contribution in [0, 0.1) is 0 Å². The van der Waals surface area contributed by atoms with Gasteiger partial charge in [-0.05, 0) is 12.5 Å². The lowest BCUT2D eigenvalue weighted by Crippen LogP contribution is -2.23. The third-order valence-electron chi connectivity index (χ3n) is 4.08. The van der Waals surface area contributed by atoms with Crippen LogP contribution in [0.2, 0.25) is 0 Å². The molecule has 1 amide bonds. The standard InChI is InChI=1S/C19H19N5O2.H2/c1-5-11(6-2)16-17-14(20-10-21-16)9-15(25)18(22-17)23-19(26)12-7-13(8-12)24(3)4;/h5-6,9-10,25H,1,7H2,2-4H3,(H,22,23,26);1H/b11-6+;. The van der Waals surface area contributed by atoms with Crippen molar-refractivity contribution in [1.82, 2.24) is 19.9 Å². The fourth-order valence-electron chi connectivity index (χ4n) is 2.54. The molecule has 0 atom stereocenters. The van der Waals surface area contributed by atoms with Crippen LogP contribution in [0.15, 0.2) is 48.1 Å². The highest BCUT2D eigenvalue weighted by Gasteiger charge is 2.22. The second-order valence-electron chi connectivity index (χ2n) is 5.97. The Bertz CT molecular complexity index is 1020. The molecule has 0 fully saturated rings. The largest absolute Gasteiger partial charge is 0.504 e. The third-order valence-corrected chi connectivity index (χ3v) is 4.08. The first-order chi connectivity index (χ1) is 12.4. The van der Waals surface area contributed by atoms with Crippen LogP contribution in [0.1, 0.15) is 20.5 Å². The fourth-order valence-corrected chi connectivity index (χ4v) is 2.54. The molecular formula is C19H21N5O2. The van der Waals surface area contributed by atoms with Gasteiger partial charge in [0.05, 0.1) is 22.5 Å². The Morgan fingerprint density at radius 2 is 2.19 bits per heavy atom. The van der Waals surface area contributed by atoms with Crippen LogP contribution < -0.4 is 5.32 Å². The first-order valence-electron chi connectivity index (χ1n) is 8.05. The van der Waals surface area contributed by atoms with Gasteiger partial charge in [0.2, 0.25) is 0 Å². The molecule has 0 aromatic carbocycles. The summed E-state index contributed by atoms with van der Waals surface area (Å²) in [6.07, 6.45) is 5.45.